The van der Waals surface area contributed by atoms with E-state index in [0.29, 0.717) is 6.10 Å². The van der Waals surface area contributed by atoms with Crippen molar-refractivity contribution in [1.29, 1.82) is 0 Å². The Morgan fingerprint density at radius 3 is 2.41 bits per heavy atom. The maximum Gasteiger partial charge on any atom is 0.410 e. The van der Waals surface area contributed by atoms with Crippen LogP contribution >= 0.6 is 0 Å². The zero-order valence-electron chi connectivity index (χ0n) is 14.5. The number of nitrogens with zero attached hydrogens (tertiary/aromatic N) is 3. The smallest absolute Gasteiger partial charge is 0.410 e. The number of ether oxygens (including phenoxy) is 2. The average Bonchev–Trinajstić information content (AvgIpc) is 2.46. The highest BCUT2D eigenvalue weighted by Crippen LogP contribution is 2.13. The molecule has 1 amide bonds. The molecule has 0 aliphatic carbocycles. The van der Waals surface area contributed by atoms with Gasteiger partial charge in [0.2, 0.25) is 0 Å². The quantitative estimate of drug-likeness (QED) is 0.785. The van der Waals surface area contributed by atoms with E-state index in [1.807, 2.05) is 25.7 Å². The molecule has 2 rings (SSSR count). The van der Waals surface area contributed by atoms with Gasteiger partial charge in [0.1, 0.15) is 5.60 Å². The molecular formula is C16H31N3O3. The van der Waals surface area contributed by atoms with Gasteiger partial charge < -0.3 is 14.4 Å². The van der Waals surface area contributed by atoms with Crippen molar-refractivity contribution in [2.75, 3.05) is 59.0 Å². The molecule has 1 unspecified atom stereocenters. The van der Waals surface area contributed by atoms with E-state index in [2.05, 4.69) is 16.7 Å². The Morgan fingerprint density at radius 2 is 1.82 bits per heavy atom. The number of likely N-dealkylation sites (N-methyl/N-ethyl adjacent to an activating group) is 1. The highest BCUT2D eigenvalue weighted by atomic mass is 16.6. The summed E-state index contributed by atoms with van der Waals surface area (Å²) in [5.74, 6) is 0. The van der Waals surface area contributed by atoms with Gasteiger partial charge in [-0.15, -0.1) is 0 Å². The molecule has 0 aromatic rings. The van der Waals surface area contributed by atoms with Crippen LogP contribution < -0.4 is 0 Å². The van der Waals surface area contributed by atoms with E-state index in [-0.39, 0.29) is 6.09 Å². The summed E-state index contributed by atoms with van der Waals surface area (Å²) in [6, 6.07) is 0. The summed E-state index contributed by atoms with van der Waals surface area (Å²) in [7, 11) is 0. The fraction of sp³-hybridized carbons (Fsp3) is 0.938. The molecule has 0 N–H and O–H groups in total. The molecule has 2 heterocycles. The van der Waals surface area contributed by atoms with Crippen LogP contribution in [0.4, 0.5) is 4.79 Å². The molecule has 22 heavy (non-hydrogen) atoms. The second-order valence-corrected chi connectivity index (χ2v) is 7.15. The van der Waals surface area contributed by atoms with Crippen LogP contribution in [0.2, 0.25) is 0 Å². The second-order valence-electron chi connectivity index (χ2n) is 7.15. The molecule has 0 aromatic heterocycles. The number of piperazine rings is 1. The van der Waals surface area contributed by atoms with Gasteiger partial charge in [-0.2, -0.15) is 0 Å². The SMILES string of the molecule is CCN1CCOC(CN2CCN(C(=O)OC(C)(C)C)CC2)C1. The van der Waals surface area contributed by atoms with Crippen molar-refractivity contribution in [2.45, 2.75) is 39.4 Å². The van der Waals surface area contributed by atoms with E-state index in [0.717, 1.165) is 59.0 Å². The summed E-state index contributed by atoms with van der Waals surface area (Å²) in [5.41, 5.74) is -0.423. The molecule has 2 aliphatic rings. The molecule has 128 valence electrons. The van der Waals surface area contributed by atoms with E-state index >= 15 is 0 Å². The highest BCUT2D eigenvalue weighted by Gasteiger charge is 2.28. The van der Waals surface area contributed by atoms with Crippen molar-refractivity contribution in [2.24, 2.45) is 0 Å². The fourth-order valence-corrected chi connectivity index (χ4v) is 2.91. The number of rotatable bonds is 3. The van der Waals surface area contributed by atoms with Crippen LogP contribution in [-0.4, -0.2) is 91.5 Å². The summed E-state index contributed by atoms with van der Waals surface area (Å²) in [6.45, 7) is 16.1. The Kier molecular flexibility index (Phi) is 6.06. The van der Waals surface area contributed by atoms with Crippen LogP contribution in [-0.2, 0) is 9.47 Å². The van der Waals surface area contributed by atoms with E-state index in [1.54, 1.807) is 0 Å². The minimum absolute atomic E-state index is 0.196. The van der Waals surface area contributed by atoms with E-state index in [9.17, 15) is 4.79 Å². The zero-order chi connectivity index (χ0) is 16.2. The molecule has 6 nitrogen and oxygen atoms in total. The van der Waals surface area contributed by atoms with Gasteiger partial charge in [-0.3, -0.25) is 9.80 Å². The lowest BCUT2D eigenvalue weighted by Gasteiger charge is -2.39. The maximum atomic E-state index is 12.0. The van der Waals surface area contributed by atoms with Gasteiger partial charge >= 0.3 is 6.09 Å². The molecule has 6 heteroatoms. The Hall–Kier alpha value is -0.850. The molecule has 2 aliphatic heterocycles. The molecule has 0 saturated carbocycles. The molecule has 2 saturated heterocycles. The van der Waals surface area contributed by atoms with Gasteiger partial charge in [-0.05, 0) is 27.3 Å². The molecule has 2 fully saturated rings. The molecule has 0 radical (unpaired) electrons. The van der Waals surface area contributed by atoms with Crippen LogP contribution in [0.3, 0.4) is 0 Å². The standard InChI is InChI=1S/C16H31N3O3/c1-5-17-10-11-21-14(12-17)13-18-6-8-19(9-7-18)15(20)22-16(2,3)4/h14H,5-13H2,1-4H3. The minimum Gasteiger partial charge on any atom is -0.444 e. The number of hydrogen-bond donors (Lipinski definition) is 0. The lowest BCUT2D eigenvalue weighted by Crippen LogP contribution is -2.54. The van der Waals surface area contributed by atoms with Crippen molar-refractivity contribution in [1.82, 2.24) is 14.7 Å². The number of hydrogen-bond acceptors (Lipinski definition) is 5. The Labute approximate surface area is 134 Å². The Balaban J connectivity index is 1.72. The first-order chi connectivity index (χ1) is 10.4. The lowest BCUT2D eigenvalue weighted by atomic mass is 10.2. The molecule has 1 atom stereocenters. The predicted molar refractivity (Wildman–Crippen MR) is 86.1 cm³/mol. The summed E-state index contributed by atoms with van der Waals surface area (Å²) in [4.78, 5) is 18.7. The first-order valence-electron chi connectivity index (χ1n) is 8.41. The maximum absolute atomic E-state index is 12.0. The number of amides is 1. The third-order valence-electron chi connectivity index (χ3n) is 4.16. The first kappa shape index (κ1) is 17.5. The predicted octanol–water partition coefficient (Wildman–Crippen LogP) is 1.26. The van der Waals surface area contributed by atoms with Crippen LogP contribution in [0.5, 0.6) is 0 Å². The minimum atomic E-state index is -0.423. The van der Waals surface area contributed by atoms with Gasteiger partial charge in [-0.25, -0.2) is 4.79 Å². The highest BCUT2D eigenvalue weighted by molar-refractivity contribution is 5.68. The normalized spacial score (nSPS) is 25.3. The van der Waals surface area contributed by atoms with Crippen molar-refractivity contribution in [3.63, 3.8) is 0 Å². The Bertz CT molecular complexity index is 362. The van der Waals surface area contributed by atoms with Crippen LogP contribution in [0.15, 0.2) is 0 Å². The third-order valence-corrected chi connectivity index (χ3v) is 4.16. The number of carbonyl (C=O) groups excluding carboxylic acids is 1. The third kappa shape index (κ3) is 5.41. The van der Waals surface area contributed by atoms with E-state index < -0.39 is 5.60 Å². The van der Waals surface area contributed by atoms with Gasteiger partial charge in [0.05, 0.1) is 12.7 Å². The van der Waals surface area contributed by atoms with Gasteiger partial charge in [-0.1, -0.05) is 6.92 Å². The van der Waals surface area contributed by atoms with Gasteiger partial charge in [0.25, 0.3) is 0 Å². The summed E-state index contributed by atoms with van der Waals surface area (Å²) >= 11 is 0. The number of carbonyl (C=O) groups is 1. The summed E-state index contributed by atoms with van der Waals surface area (Å²) in [6.07, 6.45) is 0.0972. The first-order valence-corrected chi connectivity index (χ1v) is 8.41. The van der Waals surface area contributed by atoms with Crippen LogP contribution in [0.1, 0.15) is 27.7 Å². The van der Waals surface area contributed by atoms with Gasteiger partial charge in [0.15, 0.2) is 0 Å². The van der Waals surface area contributed by atoms with E-state index in [4.69, 9.17) is 9.47 Å². The largest absolute Gasteiger partial charge is 0.444 e. The number of morpholine rings is 1. The molecule has 0 bridgehead atoms. The molecule has 0 spiro atoms. The second kappa shape index (κ2) is 7.62. The van der Waals surface area contributed by atoms with E-state index in [1.165, 1.54) is 0 Å². The fourth-order valence-electron chi connectivity index (χ4n) is 2.91. The molecular weight excluding hydrogens is 282 g/mol. The summed E-state index contributed by atoms with van der Waals surface area (Å²) < 4.78 is 11.3. The van der Waals surface area contributed by atoms with Crippen molar-refractivity contribution in [3.05, 3.63) is 0 Å². The zero-order valence-corrected chi connectivity index (χ0v) is 14.5. The topological polar surface area (TPSA) is 45.2 Å². The monoisotopic (exact) mass is 313 g/mol. The van der Waals surface area contributed by atoms with Crippen LogP contribution in [0.25, 0.3) is 0 Å². The van der Waals surface area contributed by atoms with Crippen molar-refractivity contribution >= 4 is 6.09 Å². The van der Waals surface area contributed by atoms with Crippen molar-refractivity contribution in [3.8, 4) is 0 Å². The van der Waals surface area contributed by atoms with Gasteiger partial charge in [0, 0.05) is 45.8 Å². The van der Waals surface area contributed by atoms with Crippen molar-refractivity contribution < 1.29 is 14.3 Å². The lowest BCUT2D eigenvalue weighted by molar-refractivity contribution is -0.0477. The average molecular weight is 313 g/mol. The van der Waals surface area contributed by atoms with Crippen LogP contribution in [0, 0.1) is 0 Å². The Morgan fingerprint density at radius 1 is 1.14 bits per heavy atom. The molecule has 0 aromatic carbocycles. The summed E-state index contributed by atoms with van der Waals surface area (Å²) in [5, 5.41) is 0.